The number of nitrogens with zero attached hydrogens (tertiary/aromatic N) is 2. The Hall–Kier alpha value is -2.24. The zero-order chi connectivity index (χ0) is 22.9. The highest BCUT2D eigenvalue weighted by Crippen LogP contribution is 2.34. The number of sulfonamides is 1. The molecular formula is C20H18Cl2N4O4S2. The Kier molecular flexibility index (Phi) is 6.68. The summed E-state index contributed by atoms with van der Waals surface area (Å²) in [5.41, 5.74) is 2.15. The number of ether oxygens (including phenoxy) is 1. The van der Waals surface area contributed by atoms with Gasteiger partial charge in [-0.1, -0.05) is 40.6 Å². The number of hydrogen-bond acceptors (Lipinski definition) is 7. The third kappa shape index (κ3) is 4.89. The van der Waals surface area contributed by atoms with Gasteiger partial charge in [-0.05, 0) is 60.7 Å². The number of benzene rings is 2. The first kappa shape index (κ1) is 22.9. The number of anilines is 1. The quantitative estimate of drug-likeness (QED) is 0.471. The molecule has 3 aromatic rings. The summed E-state index contributed by atoms with van der Waals surface area (Å²) in [7, 11) is -2.35. The maximum Gasteiger partial charge on any atom is 0.270 e. The Morgan fingerprint density at radius 1 is 1.19 bits per heavy atom. The Balaban J connectivity index is 1.50. The number of aryl methyl sites for hydroxylation is 1. The van der Waals surface area contributed by atoms with Crippen molar-refractivity contribution in [2.45, 2.75) is 29.6 Å². The van der Waals surface area contributed by atoms with Crippen LogP contribution in [0.1, 0.15) is 40.4 Å². The molecule has 0 unspecified atom stereocenters. The molecule has 168 valence electrons. The van der Waals surface area contributed by atoms with Crippen molar-refractivity contribution in [2.24, 2.45) is 0 Å². The normalized spacial score (nSPS) is 15.8. The topological polar surface area (TPSA) is 110 Å². The first-order chi connectivity index (χ1) is 15.3. The minimum Gasteiger partial charge on any atom is -0.497 e. The molecule has 1 atom stereocenters. The van der Waals surface area contributed by atoms with Gasteiger partial charge < -0.3 is 4.74 Å². The van der Waals surface area contributed by atoms with E-state index >= 15 is 0 Å². The molecule has 12 heteroatoms. The lowest BCUT2D eigenvalue weighted by Gasteiger charge is -2.26. The van der Waals surface area contributed by atoms with Gasteiger partial charge in [0.05, 0.1) is 17.7 Å². The molecule has 8 nitrogen and oxygen atoms in total. The van der Waals surface area contributed by atoms with E-state index in [4.69, 9.17) is 27.9 Å². The van der Waals surface area contributed by atoms with Crippen LogP contribution in [0.5, 0.6) is 5.75 Å². The molecule has 0 fully saturated rings. The number of amides is 1. The second-order valence-corrected chi connectivity index (χ2v) is 10.8. The molecule has 2 aromatic carbocycles. The van der Waals surface area contributed by atoms with E-state index in [0.717, 1.165) is 41.1 Å². The van der Waals surface area contributed by atoms with Crippen LogP contribution in [0, 0.1) is 0 Å². The first-order valence-electron chi connectivity index (χ1n) is 9.56. The number of rotatable bonds is 6. The van der Waals surface area contributed by atoms with Gasteiger partial charge in [0.1, 0.15) is 5.75 Å². The average molecular weight is 513 g/mol. The minimum atomic E-state index is -3.94. The van der Waals surface area contributed by atoms with Gasteiger partial charge in [-0.25, -0.2) is 13.1 Å². The van der Waals surface area contributed by atoms with Gasteiger partial charge in [0.25, 0.3) is 15.9 Å². The maximum atomic E-state index is 12.9. The fourth-order valence-corrected chi connectivity index (χ4v) is 6.14. The lowest BCUT2D eigenvalue weighted by molar-refractivity contribution is 0.102. The second-order valence-electron chi connectivity index (χ2n) is 7.08. The van der Waals surface area contributed by atoms with E-state index in [1.807, 2.05) is 18.2 Å². The summed E-state index contributed by atoms with van der Waals surface area (Å²) in [6.45, 7) is 0. The first-order valence-corrected chi connectivity index (χ1v) is 12.6. The van der Waals surface area contributed by atoms with E-state index in [1.165, 1.54) is 18.2 Å². The molecule has 0 aliphatic heterocycles. The largest absolute Gasteiger partial charge is 0.497 e. The molecule has 1 amide bonds. The van der Waals surface area contributed by atoms with Crippen LogP contribution in [0.4, 0.5) is 5.13 Å². The van der Waals surface area contributed by atoms with Crippen LogP contribution in [-0.2, 0) is 16.4 Å². The molecular weight excluding hydrogens is 495 g/mol. The Labute approximate surface area is 199 Å². The second kappa shape index (κ2) is 9.32. The number of carbonyl (C=O) groups is 1. The number of nitrogens with one attached hydrogen (secondary N) is 2. The Morgan fingerprint density at radius 2 is 2.00 bits per heavy atom. The lowest BCUT2D eigenvalue weighted by atomic mass is 9.88. The third-order valence-corrected chi connectivity index (χ3v) is 8.22. The van der Waals surface area contributed by atoms with E-state index in [9.17, 15) is 13.2 Å². The zero-order valence-electron chi connectivity index (χ0n) is 16.8. The molecule has 4 rings (SSSR count). The van der Waals surface area contributed by atoms with Gasteiger partial charge in [0.15, 0.2) is 0 Å². The van der Waals surface area contributed by atoms with Crippen LogP contribution in [0.3, 0.4) is 0 Å². The number of fused-ring (bicyclic) bond motifs is 1. The van der Waals surface area contributed by atoms with Crippen molar-refractivity contribution in [1.29, 1.82) is 0 Å². The van der Waals surface area contributed by atoms with Crippen molar-refractivity contribution in [2.75, 3.05) is 12.4 Å². The predicted molar refractivity (Wildman–Crippen MR) is 123 cm³/mol. The molecule has 1 heterocycles. The zero-order valence-corrected chi connectivity index (χ0v) is 19.9. The summed E-state index contributed by atoms with van der Waals surface area (Å²) in [5, 5.41) is 10.7. The number of methoxy groups -OCH3 is 1. The van der Waals surface area contributed by atoms with Crippen molar-refractivity contribution in [3.8, 4) is 5.75 Å². The van der Waals surface area contributed by atoms with Crippen molar-refractivity contribution in [1.82, 2.24) is 14.9 Å². The number of halogens is 2. The summed E-state index contributed by atoms with van der Waals surface area (Å²) < 4.78 is 33.6. The van der Waals surface area contributed by atoms with Gasteiger partial charge >= 0.3 is 0 Å². The van der Waals surface area contributed by atoms with E-state index in [2.05, 4.69) is 20.2 Å². The Bertz CT molecular complexity index is 1280. The highest BCUT2D eigenvalue weighted by atomic mass is 35.5. The smallest absolute Gasteiger partial charge is 0.270 e. The van der Waals surface area contributed by atoms with Crippen molar-refractivity contribution < 1.29 is 17.9 Å². The van der Waals surface area contributed by atoms with E-state index in [0.29, 0.717) is 11.4 Å². The van der Waals surface area contributed by atoms with Gasteiger partial charge in [-0.15, -0.1) is 10.2 Å². The van der Waals surface area contributed by atoms with Gasteiger partial charge in [-0.3, -0.25) is 10.1 Å². The standard InChI is InChI=1S/C20H18Cl2N4O4S2/c1-30-13-6-8-14-11(9-13)3-2-4-17(14)26-32(28,29)20-25-24-19(31-20)23-18(27)15-7-5-12(21)10-16(15)22/h5-10,17,26H,2-4H2,1H3,(H,23,24,27)/t17-/m1/s1. The summed E-state index contributed by atoms with van der Waals surface area (Å²) in [5.74, 6) is 0.187. The summed E-state index contributed by atoms with van der Waals surface area (Å²) in [6, 6.07) is 9.67. The predicted octanol–water partition coefficient (Wildman–Crippen LogP) is 4.46. The fourth-order valence-electron chi connectivity index (χ4n) is 3.48. The summed E-state index contributed by atoms with van der Waals surface area (Å²) >= 11 is 12.6. The van der Waals surface area contributed by atoms with Gasteiger partial charge in [0.2, 0.25) is 9.47 Å². The molecule has 0 saturated heterocycles. The number of aromatic nitrogens is 2. The van der Waals surface area contributed by atoms with Crippen molar-refractivity contribution >= 4 is 55.6 Å². The molecule has 1 aliphatic rings. The molecule has 0 spiro atoms. The van der Waals surface area contributed by atoms with Gasteiger partial charge in [0, 0.05) is 11.1 Å². The number of carbonyl (C=O) groups excluding carboxylic acids is 1. The average Bonchev–Trinajstić information content (AvgIpc) is 3.22. The van der Waals surface area contributed by atoms with Crippen molar-refractivity contribution in [3.63, 3.8) is 0 Å². The van der Waals surface area contributed by atoms with Crippen LogP contribution in [0.25, 0.3) is 0 Å². The minimum absolute atomic E-state index is 0.0372. The molecule has 2 N–H and O–H groups in total. The molecule has 1 aliphatic carbocycles. The van der Waals surface area contributed by atoms with Crippen molar-refractivity contribution in [3.05, 3.63) is 63.1 Å². The van der Waals surface area contributed by atoms with E-state index < -0.39 is 15.9 Å². The summed E-state index contributed by atoms with van der Waals surface area (Å²) in [4.78, 5) is 12.4. The molecule has 0 saturated carbocycles. The van der Waals surface area contributed by atoms with E-state index in [-0.39, 0.29) is 26.1 Å². The van der Waals surface area contributed by atoms with Crippen LogP contribution < -0.4 is 14.8 Å². The third-order valence-electron chi connectivity index (χ3n) is 4.99. The molecule has 1 aromatic heterocycles. The summed E-state index contributed by atoms with van der Waals surface area (Å²) in [6.07, 6.45) is 2.36. The van der Waals surface area contributed by atoms with Crippen LogP contribution in [0.15, 0.2) is 40.7 Å². The SMILES string of the molecule is COc1ccc2c(c1)CCC[C@H]2NS(=O)(=O)c1nnc(NC(=O)c2ccc(Cl)cc2Cl)s1. The van der Waals surface area contributed by atoms with E-state index in [1.54, 1.807) is 7.11 Å². The van der Waals surface area contributed by atoms with Crippen LogP contribution in [0.2, 0.25) is 10.0 Å². The molecule has 0 bridgehead atoms. The van der Waals surface area contributed by atoms with Crippen LogP contribution in [-0.4, -0.2) is 31.6 Å². The molecule has 0 radical (unpaired) electrons. The lowest BCUT2D eigenvalue weighted by Crippen LogP contribution is -2.31. The number of hydrogen-bond donors (Lipinski definition) is 2. The molecule has 32 heavy (non-hydrogen) atoms. The maximum absolute atomic E-state index is 12.9. The Morgan fingerprint density at radius 3 is 2.75 bits per heavy atom. The highest BCUT2D eigenvalue weighted by Gasteiger charge is 2.29. The monoisotopic (exact) mass is 512 g/mol. The fraction of sp³-hybridized carbons (Fsp3) is 0.250. The van der Waals surface area contributed by atoms with Crippen LogP contribution >= 0.6 is 34.5 Å². The highest BCUT2D eigenvalue weighted by molar-refractivity contribution is 7.91. The van der Waals surface area contributed by atoms with Gasteiger partial charge in [-0.2, -0.15) is 0 Å².